The van der Waals surface area contributed by atoms with Crippen LogP contribution in [0.25, 0.3) is 0 Å². The van der Waals surface area contributed by atoms with E-state index in [1.54, 1.807) is 0 Å². The molecule has 0 spiro atoms. The zero-order valence-corrected chi connectivity index (χ0v) is 14.1. The first-order valence-electron chi connectivity index (χ1n) is 8.13. The first-order chi connectivity index (χ1) is 11.6. The lowest BCUT2D eigenvalue weighted by molar-refractivity contribution is 0.0949. The number of halogens is 2. The fourth-order valence-corrected chi connectivity index (χ4v) is 3.37. The maximum Gasteiger partial charge on any atom is 0.251 e. The van der Waals surface area contributed by atoms with Gasteiger partial charge in [0.15, 0.2) is 0 Å². The van der Waals surface area contributed by atoms with Gasteiger partial charge in [-0.3, -0.25) is 4.79 Å². The summed E-state index contributed by atoms with van der Waals surface area (Å²) in [5.74, 6) is -0.239. The Bertz CT molecular complexity index is 688. The van der Waals surface area contributed by atoms with Gasteiger partial charge in [-0.2, -0.15) is 0 Å². The molecule has 1 amide bonds. The second-order valence-corrected chi connectivity index (χ2v) is 6.55. The van der Waals surface area contributed by atoms with Crippen molar-refractivity contribution in [1.82, 2.24) is 10.2 Å². The minimum Gasteiger partial charge on any atom is -0.351 e. The summed E-state index contributed by atoms with van der Waals surface area (Å²) in [6.07, 6.45) is 1.14. The van der Waals surface area contributed by atoms with E-state index in [4.69, 9.17) is 11.6 Å². The minimum atomic E-state index is -0.502. The van der Waals surface area contributed by atoms with Gasteiger partial charge in [0.05, 0.1) is 0 Å². The Hall–Kier alpha value is -1.91. The second-order valence-electron chi connectivity index (χ2n) is 6.11. The molecule has 1 aliphatic heterocycles. The van der Waals surface area contributed by atoms with Crippen LogP contribution in [0.4, 0.5) is 4.39 Å². The van der Waals surface area contributed by atoms with Gasteiger partial charge in [0.25, 0.3) is 5.91 Å². The smallest absolute Gasteiger partial charge is 0.251 e. The van der Waals surface area contributed by atoms with Crippen LogP contribution in [0.3, 0.4) is 0 Å². The largest absolute Gasteiger partial charge is 0.351 e. The number of benzene rings is 2. The molecule has 0 aromatic heterocycles. The predicted molar refractivity (Wildman–Crippen MR) is 94.0 cm³/mol. The monoisotopic (exact) mass is 346 g/mol. The van der Waals surface area contributed by atoms with Crippen molar-refractivity contribution >= 4 is 17.5 Å². The Morgan fingerprint density at radius 2 is 2.04 bits per heavy atom. The third kappa shape index (κ3) is 4.34. The maximum absolute atomic E-state index is 13.3. The third-order valence-electron chi connectivity index (χ3n) is 4.38. The Kier molecular flexibility index (Phi) is 5.48. The van der Waals surface area contributed by atoms with Crippen molar-refractivity contribution in [3.8, 4) is 0 Å². The van der Waals surface area contributed by atoms with Crippen molar-refractivity contribution in [1.29, 1.82) is 0 Å². The molecule has 0 radical (unpaired) electrons. The van der Waals surface area contributed by atoms with Gasteiger partial charge in [-0.25, -0.2) is 4.39 Å². The molecule has 0 unspecified atom stereocenters. The number of rotatable bonds is 5. The summed E-state index contributed by atoms with van der Waals surface area (Å²) in [5.41, 5.74) is 1.63. The van der Waals surface area contributed by atoms with Gasteiger partial charge in [-0.1, -0.05) is 41.9 Å². The van der Waals surface area contributed by atoms with E-state index >= 15 is 0 Å². The summed E-state index contributed by atoms with van der Waals surface area (Å²) in [5, 5.41) is 3.06. The van der Waals surface area contributed by atoms with Crippen LogP contribution in [0.1, 0.15) is 28.3 Å². The van der Waals surface area contributed by atoms with E-state index in [0.717, 1.165) is 26.1 Å². The summed E-state index contributed by atoms with van der Waals surface area (Å²) >= 11 is 5.78. The summed E-state index contributed by atoms with van der Waals surface area (Å²) in [4.78, 5) is 14.4. The van der Waals surface area contributed by atoms with Crippen LogP contribution in [-0.2, 0) is 0 Å². The van der Waals surface area contributed by atoms with Gasteiger partial charge in [0, 0.05) is 30.2 Å². The number of nitrogens with zero attached hydrogens (tertiary/aromatic N) is 1. The highest BCUT2D eigenvalue weighted by Crippen LogP contribution is 2.26. The van der Waals surface area contributed by atoms with Crippen LogP contribution < -0.4 is 5.32 Å². The van der Waals surface area contributed by atoms with Gasteiger partial charge >= 0.3 is 0 Å². The predicted octanol–water partition coefficient (Wildman–Crippen LogP) is 3.70. The van der Waals surface area contributed by atoms with Crippen molar-refractivity contribution in [2.45, 2.75) is 12.3 Å². The fraction of sp³-hybridized carbons (Fsp3) is 0.316. The molecule has 1 atom stereocenters. The van der Waals surface area contributed by atoms with Gasteiger partial charge < -0.3 is 10.2 Å². The Balaban J connectivity index is 1.46. The lowest BCUT2D eigenvalue weighted by Crippen LogP contribution is -2.33. The molecule has 3 nitrogen and oxygen atoms in total. The maximum atomic E-state index is 13.3. The summed E-state index contributed by atoms with van der Waals surface area (Å²) in [6, 6.07) is 14.4. The Morgan fingerprint density at radius 3 is 2.79 bits per heavy atom. The summed E-state index contributed by atoms with van der Waals surface area (Å²) in [7, 11) is 0. The number of hydrogen-bond donors (Lipinski definition) is 1. The number of nitrogens with one attached hydrogen (secondary N) is 1. The Morgan fingerprint density at radius 1 is 1.25 bits per heavy atom. The van der Waals surface area contributed by atoms with Crippen molar-refractivity contribution < 1.29 is 9.18 Å². The molecular weight excluding hydrogens is 327 g/mol. The number of likely N-dealkylation sites (tertiary alicyclic amines) is 1. The van der Waals surface area contributed by atoms with E-state index < -0.39 is 5.82 Å². The van der Waals surface area contributed by atoms with E-state index in [1.165, 1.54) is 23.8 Å². The number of hydrogen-bond acceptors (Lipinski definition) is 2. The molecule has 2 aromatic rings. The molecule has 1 heterocycles. The molecule has 1 fully saturated rings. The lowest BCUT2D eigenvalue weighted by Gasteiger charge is -2.16. The van der Waals surface area contributed by atoms with Gasteiger partial charge in [-0.05, 0) is 42.6 Å². The average Bonchev–Trinajstić information content (AvgIpc) is 3.03. The van der Waals surface area contributed by atoms with Crippen molar-refractivity contribution in [2.75, 3.05) is 26.2 Å². The molecule has 1 aliphatic rings. The molecule has 1 saturated heterocycles. The molecule has 0 saturated carbocycles. The van der Waals surface area contributed by atoms with Crippen LogP contribution in [0.2, 0.25) is 5.02 Å². The van der Waals surface area contributed by atoms with Crippen LogP contribution >= 0.6 is 11.6 Å². The molecule has 2 aromatic carbocycles. The Labute approximate surface area is 146 Å². The number of amides is 1. The van der Waals surface area contributed by atoms with E-state index in [-0.39, 0.29) is 16.5 Å². The van der Waals surface area contributed by atoms with Gasteiger partial charge in [-0.15, -0.1) is 0 Å². The summed E-state index contributed by atoms with van der Waals surface area (Å²) in [6.45, 7) is 3.36. The minimum absolute atomic E-state index is 0.227. The van der Waals surface area contributed by atoms with Crippen molar-refractivity contribution in [3.05, 3.63) is 70.5 Å². The third-order valence-corrected chi connectivity index (χ3v) is 4.60. The van der Waals surface area contributed by atoms with Crippen molar-refractivity contribution in [2.24, 2.45) is 0 Å². The van der Waals surface area contributed by atoms with E-state index in [1.807, 2.05) is 6.07 Å². The topological polar surface area (TPSA) is 32.3 Å². The zero-order valence-electron chi connectivity index (χ0n) is 13.3. The second kappa shape index (κ2) is 7.77. The molecule has 3 rings (SSSR count). The molecule has 24 heavy (non-hydrogen) atoms. The summed E-state index contributed by atoms with van der Waals surface area (Å²) < 4.78 is 13.3. The quantitative estimate of drug-likeness (QED) is 0.895. The van der Waals surface area contributed by atoms with Gasteiger partial charge in [0.2, 0.25) is 0 Å². The normalized spacial score (nSPS) is 17.8. The van der Waals surface area contributed by atoms with E-state index in [9.17, 15) is 9.18 Å². The molecule has 0 aliphatic carbocycles. The molecule has 1 N–H and O–H groups in total. The van der Waals surface area contributed by atoms with Crippen molar-refractivity contribution in [3.63, 3.8) is 0 Å². The molecule has 126 valence electrons. The standard InChI is InChI=1S/C19H20ClFN2O/c20-17-10-16(11-18(21)12-17)19(24)22-7-9-23-8-6-15(13-23)14-4-2-1-3-5-14/h1-5,10-12,15H,6-9,13H2,(H,22,24)/t15-/m0/s1. The fourth-order valence-electron chi connectivity index (χ4n) is 3.15. The van der Waals surface area contributed by atoms with Gasteiger partial charge in [0.1, 0.15) is 5.82 Å². The first kappa shape index (κ1) is 16.9. The van der Waals surface area contributed by atoms with E-state index in [0.29, 0.717) is 12.5 Å². The van der Waals surface area contributed by atoms with Crippen LogP contribution in [-0.4, -0.2) is 37.0 Å². The molecule has 5 heteroatoms. The SMILES string of the molecule is O=C(NCCN1CC[C@H](c2ccccc2)C1)c1cc(F)cc(Cl)c1. The highest BCUT2D eigenvalue weighted by atomic mass is 35.5. The highest BCUT2D eigenvalue weighted by Gasteiger charge is 2.23. The van der Waals surface area contributed by atoms with Crippen LogP contribution in [0, 0.1) is 5.82 Å². The van der Waals surface area contributed by atoms with Crippen LogP contribution in [0.5, 0.6) is 0 Å². The average molecular weight is 347 g/mol. The highest BCUT2D eigenvalue weighted by molar-refractivity contribution is 6.31. The molecular formula is C19H20ClFN2O. The lowest BCUT2D eigenvalue weighted by atomic mass is 9.99. The zero-order chi connectivity index (χ0) is 16.9. The number of carbonyl (C=O) groups excluding carboxylic acids is 1. The molecule has 0 bridgehead atoms. The van der Waals surface area contributed by atoms with E-state index in [2.05, 4.69) is 34.5 Å². The van der Waals surface area contributed by atoms with Crippen LogP contribution in [0.15, 0.2) is 48.5 Å². The first-order valence-corrected chi connectivity index (χ1v) is 8.51. The number of carbonyl (C=O) groups is 1.